The molecule has 6 rings (SSSR count). The molecule has 5 heteroatoms. The third kappa shape index (κ3) is 5.03. The first-order valence-electron chi connectivity index (χ1n) is 13.9. The van der Waals surface area contributed by atoms with Gasteiger partial charge in [0.05, 0.1) is 6.33 Å². The number of ether oxygens (including phenoxy) is 2. The van der Waals surface area contributed by atoms with Crippen LogP contribution in [0.15, 0.2) is 36.2 Å². The van der Waals surface area contributed by atoms with Crippen molar-refractivity contribution in [1.82, 2.24) is 5.32 Å². The molecule has 0 aromatic heterocycles. The van der Waals surface area contributed by atoms with E-state index < -0.39 is 0 Å². The van der Waals surface area contributed by atoms with Gasteiger partial charge in [-0.25, -0.2) is 4.39 Å². The molecule has 1 N–H and O–H groups in total. The third-order valence-corrected chi connectivity index (χ3v) is 10.2. The quantitative estimate of drug-likeness (QED) is 0.465. The van der Waals surface area contributed by atoms with Gasteiger partial charge in [0.25, 0.3) is 0 Å². The molecule has 4 nitrogen and oxygen atoms in total. The van der Waals surface area contributed by atoms with Crippen LogP contribution in [0.3, 0.4) is 0 Å². The number of hydrogen-bond donors (Lipinski definition) is 1. The second-order valence-electron chi connectivity index (χ2n) is 11.9. The summed E-state index contributed by atoms with van der Waals surface area (Å²) in [5, 5.41) is 3.50. The minimum Gasteiger partial charge on any atom is -0.489 e. The van der Waals surface area contributed by atoms with E-state index in [-0.39, 0.29) is 10.8 Å². The normalized spacial score (nSPS) is 30.9. The molecule has 1 amide bonds. The van der Waals surface area contributed by atoms with E-state index in [0.717, 1.165) is 70.3 Å². The van der Waals surface area contributed by atoms with E-state index in [1.165, 1.54) is 31.2 Å². The van der Waals surface area contributed by atoms with Gasteiger partial charge in [-0.3, -0.25) is 4.79 Å². The molecule has 5 fully saturated rings. The van der Waals surface area contributed by atoms with Crippen LogP contribution in [-0.4, -0.2) is 31.8 Å². The van der Waals surface area contributed by atoms with Gasteiger partial charge in [-0.2, -0.15) is 0 Å². The monoisotopic (exact) mass is 483 g/mol. The van der Waals surface area contributed by atoms with Crippen molar-refractivity contribution < 1.29 is 18.7 Å². The Hall–Kier alpha value is -1.88. The maximum atomic E-state index is 13.5. The highest BCUT2D eigenvalue weighted by atomic mass is 19.1. The minimum atomic E-state index is -0.159. The molecule has 4 saturated carbocycles. The van der Waals surface area contributed by atoms with Crippen LogP contribution >= 0.6 is 0 Å². The van der Waals surface area contributed by atoms with Gasteiger partial charge < -0.3 is 14.8 Å². The summed E-state index contributed by atoms with van der Waals surface area (Å²) in [6, 6.07) is 8.77. The molecule has 1 spiro atoms. The maximum absolute atomic E-state index is 13.5. The van der Waals surface area contributed by atoms with Crippen molar-refractivity contribution in [1.29, 1.82) is 0 Å². The zero-order valence-electron chi connectivity index (χ0n) is 21.4. The predicted molar refractivity (Wildman–Crippen MR) is 136 cm³/mol. The molecule has 1 saturated heterocycles. The van der Waals surface area contributed by atoms with Gasteiger partial charge in [0.15, 0.2) is 0 Å². The number of benzene rings is 1. The summed E-state index contributed by atoms with van der Waals surface area (Å²) in [5.74, 6) is 1.11. The number of amides is 1. The molecule has 1 aromatic rings. The predicted octanol–water partition coefficient (Wildman–Crippen LogP) is 6.78. The van der Waals surface area contributed by atoms with Crippen molar-refractivity contribution in [2.75, 3.05) is 19.8 Å². The van der Waals surface area contributed by atoms with Crippen LogP contribution in [0, 0.1) is 10.8 Å². The fourth-order valence-corrected chi connectivity index (χ4v) is 7.27. The second-order valence-corrected chi connectivity index (χ2v) is 11.9. The van der Waals surface area contributed by atoms with Crippen molar-refractivity contribution in [3.8, 4) is 5.75 Å². The van der Waals surface area contributed by atoms with E-state index in [1.54, 1.807) is 0 Å². The molecule has 0 atom stereocenters. The molecule has 1 heterocycles. The van der Waals surface area contributed by atoms with E-state index in [2.05, 4.69) is 17.4 Å². The SMILES string of the molecule is CC/C(=C\F)COc1ccc(C23CCC(C(=O)NC4CCC5(CCOCC5)CC4)(CC2)CC3)cc1. The lowest BCUT2D eigenvalue weighted by molar-refractivity contribution is -0.139. The summed E-state index contributed by atoms with van der Waals surface area (Å²) < 4.78 is 24.1. The molecule has 0 radical (unpaired) electrons. The van der Waals surface area contributed by atoms with E-state index in [0.29, 0.717) is 42.3 Å². The molecular weight excluding hydrogens is 441 g/mol. The summed E-state index contributed by atoms with van der Waals surface area (Å²) in [6.07, 6.45) is 14.6. The first kappa shape index (κ1) is 24.8. The van der Waals surface area contributed by atoms with Crippen molar-refractivity contribution in [3.05, 3.63) is 41.7 Å². The lowest BCUT2D eigenvalue weighted by atomic mass is 9.51. The maximum Gasteiger partial charge on any atom is 0.226 e. The number of carbonyl (C=O) groups excluding carboxylic acids is 1. The van der Waals surface area contributed by atoms with Crippen LogP contribution < -0.4 is 10.1 Å². The van der Waals surface area contributed by atoms with E-state index in [1.807, 2.05) is 19.1 Å². The minimum absolute atomic E-state index is 0.159. The Labute approximate surface area is 210 Å². The Bertz CT molecular complexity index is 884. The van der Waals surface area contributed by atoms with Gasteiger partial charge in [0.2, 0.25) is 5.91 Å². The van der Waals surface area contributed by atoms with Gasteiger partial charge in [-0.05, 0) is 118 Å². The van der Waals surface area contributed by atoms with E-state index in [9.17, 15) is 9.18 Å². The third-order valence-electron chi connectivity index (χ3n) is 10.2. The van der Waals surface area contributed by atoms with Crippen molar-refractivity contribution in [3.63, 3.8) is 0 Å². The number of fused-ring (bicyclic) bond motifs is 3. The summed E-state index contributed by atoms with van der Waals surface area (Å²) >= 11 is 0. The summed E-state index contributed by atoms with van der Waals surface area (Å²) in [5.41, 5.74) is 2.54. The Morgan fingerprint density at radius 2 is 1.63 bits per heavy atom. The molecule has 192 valence electrons. The first-order chi connectivity index (χ1) is 17.0. The molecule has 35 heavy (non-hydrogen) atoms. The molecule has 1 aliphatic heterocycles. The van der Waals surface area contributed by atoms with Crippen LogP contribution in [0.25, 0.3) is 0 Å². The average molecular weight is 484 g/mol. The topological polar surface area (TPSA) is 47.6 Å². The Morgan fingerprint density at radius 1 is 1.00 bits per heavy atom. The second kappa shape index (κ2) is 10.2. The number of hydrogen-bond acceptors (Lipinski definition) is 3. The molecule has 2 bridgehead atoms. The molecule has 5 aliphatic rings. The highest BCUT2D eigenvalue weighted by Crippen LogP contribution is 2.58. The van der Waals surface area contributed by atoms with Crippen molar-refractivity contribution >= 4 is 5.91 Å². The Balaban J connectivity index is 1.14. The van der Waals surface area contributed by atoms with Crippen LogP contribution in [0.5, 0.6) is 5.75 Å². The number of rotatable bonds is 7. The largest absolute Gasteiger partial charge is 0.489 e. The van der Waals surface area contributed by atoms with Crippen LogP contribution in [-0.2, 0) is 14.9 Å². The summed E-state index contributed by atoms with van der Waals surface area (Å²) in [7, 11) is 0. The fourth-order valence-electron chi connectivity index (χ4n) is 7.27. The average Bonchev–Trinajstić information content (AvgIpc) is 2.92. The summed E-state index contributed by atoms with van der Waals surface area (Å²) in [6.45, 7) is 4.05. The highest BCUT2D eigenvalue weighted by Gasteiger charge is 2.53. The van der Waals surface area contributed by atoms with Gasteiger partial charge in [0.1, 0.15) is 12.4 Å². The number of carbonyl (C=O) groups is 1. The van der Waals surface area contributed by atoms with Crippen LogP contribution in [0.4, 0.5) is 4.39 Å². The molecule has 4 aliphatic carbocycles. The zero-order valence-corrected chi connectivity index (χ0v) is 21.4. The standard InChI is InChI=1S/C30H42FNO3/c1-2-23(21-31)22-35-26-5-3-24(4-6-26)29-11-14-30(15-12-29,16-13-29)27(33)32-25-7-9-28(10-8-25)17-19-34-20-18-28/h3-6,21,25H,2,7-20,22H2,1H3,(H,32,33)/b23-21+. The molecular formula is C30H42FNO3. The Kier molecular flexibility index (Phi) is 7.25. The molecule has 1 aromatic carbocycles. The zero-order chi connectivity index (χ0) is 24.4. The lowest BCUT2D eigenvalue weighted by Gasteiger charge is -2.53. The van der Waals surface area contributed by atoms with Gasteiger partial charge in [-0.1, -0.05) is 19.1 Å². The summed E-state index contributed by atoms with van der Waals surface area (Å²) in [4.78, 5) is 13.5. The Morgan fingerprint density at radius 3 is 2.20 bits per heavy atom. The number of halogens is 1. The highest BCUT2D eigenvalue weighted by molar-refractivity contribution is 5.83. The first-order valence-corrected chi connectivity index (χ1v) is 13.9. The van der Waals surface area contributed by atoms with Gasteiger partial charge in [-0.15, -0.1) is 0 Å². The van der Waals surface area contributed by atoms with Crippen LogP contribution in [0.1, 0.15) is 96.0 Å². The van der Waals surface area contributed by atoms with Crippen LogP contribution in [0.2, 0.25) is 0 Å². The van der Waals surface area contributed by atoms with Gasteiger partial charge in [0, 0.05) is 24.7 Å². The van der Waals surface area contributed by atoms with Gasteiger partial charge >= 0.3 is 0 Å². The van der Waals surface area contributed by atoms with Crippen molar-refractivity contribution in [2.24, 2.45) is 10.8 Å². The van der Waals surface area contributed by atoms with E-state index >= 15 is 0 Å². The molecule has 0 unspecified atom stereocenters. The van der Waals surface area contributed by atoms with Crippen molar-refractivity contribution in [2.45, 2.75) is 102 Å². The fraction of sp³-hybridized carbons (Fsp3) is 0.700. The smallest absolute Gasteiger partial charge is 0.226 e. The van der Waals surface area contributed by atoms with E-state index in [4.69, 9.17) is 9.47 Å². The lowest BCUT2D eigenvalue weighted by Crippen LogP contribution is -2.54. The number of nitrogens with one attached hydrogen (secondary N) is 1.